The van der Waals surface area contributed by atoms with E-state index in [0.29, 0.717) is 10.9 Å². The molecule has 28 heavy (non-hydrogen) atoms. The van der Waals surface area contributed by atoms with Crippen molar-refractivity contribution in [3.63, 3.8) is 0 Å². The maximum absolute atomic E-state index is 6.01. The smallest absolute Gasteiger partial charge is 0.170 e. The number of nitrogen functional groups attached to an aromatic ring is 1. The second-order valence-electron chi connectivity index (χ2n) is 6.56. The Hall–Kier alpha value is -2.77. The number of nitrogens with two attached hydrogens (primary N) is 1. The highest BCUT2D eigenvalue weighted by atomic mass is 32.1. The molecule has 2 aromatic heterocycles. The van der Waals surface area contributed by atoms with E-state index >= 15 is 0 Å². The van der Waals surface area contributed by atoms with E-state index in [1.54, 1.807) is 11.3 Å². The fourth-order valence-electron chi connectivity index (χ4n) is 3.10. The predicted molar refractivity (Wildman–Crippen MR) is 124 cm³/mol. The van der Waals surface area contributed by atoms with Gasteiger partial charge in [0.05, 0.1) is 10.2 Å². The molecule has 0 atom stereocenters. The van der Waals surface area contributed by atoms with E-state index in [0.717, 1.165) is 56.5 Å². The van der Waals surface area contributed by atoms with Crippen LogP contribution < -0.4 is 16.4 Å². The van der Waals surface area contributed by atoms with Gasteiger partial charge < -0.3 is 16.4 Å². The first-order valence-corrected chi connectivity index (χ1v) is 10.5. The Bertz CT molecular complexity index is 1150. The third-order valence-corrected chi connectivity index (χ3v) is 5.96. The van der Waals surface area contributed by atoms with Gasteiger partial charge in [0, 0.05) is 22.3 Å². The number of hydrogen-bond donors (Lipinski definition) is 3. The summed E-state index contributed by atoms with van der Waals surface area (Å²) in [5.74, 6) is 0.531. The van der Waals surface area contributed by atoms with E-state index in [4.69, 9.17) is 18.0 Å². The topological polar surface area (TPSA) is 75.9 Å². The minimum atomic E-state index is 0.531. The predicted octanol–water partition coefficient (Wildman–Crippen LogP) is 5.18. The summed E-state index contributed by atoms with van der Waals surface area (Å²) in [4.78, 5) is 8.50. The van der Waals surface area contributed by atoms with Crippen molar-refractivity contribution in [1.29, 1.82) is 0 Å². The normalized spacial score (nSPS) is 11.0. The van der Waals surface area contributed by atoms with Crippen LogP contribution in [0.2, 0.25) is 0 Å². The van der Waals surface area contributed by atoms with Gasteiger partial charge in [0.15, 0.2) is 5.11 Å². The SMILES string of the molecule is CCCCNC(=S)Nc1cccc(-c2ccc3c(c2)sc2c(N)ncnc23)c1. The molecule has 0 fully saturated rings. The maximum Gasteiger partial charge on any atom is 0.170 e. The fourth-order valence-corrected chi connectivity index (χ4v) is 4.42. The van der Waals surface area contributed by atoms with Crippen LogP contribution in [0.15, 0.2) is 48.8 Å². The van der Waals surface area contributed by atoms with E-state index in [-0.39, 0.29) is 0 Å². The van der Waals surface area contributed by atoms with Gasteiger partial charge in [-0.25, -0.2) is 9.97 Å². The summed E-state index contributed by atoms with van der Waals surface area (Å²) in [7, 11) is 0. The Morgan fingerprint density at radius 2 is 2.00 bits per heavy atom. The van der Waals surface area contributed by atoms with Crippen LogP contribution in [0, 0.1) is 0 Å². The van der Waals surface area contributed by atoms with Crippen molar-refractivity contribution in [3.05, 3.63) is 48.8 Å². The quantitative estimate of drug-likeness (QED) is 0.313. The number of thiophene rings is 1. The van der Waals surface area contributed by atoms with E-state index in [1.165, 1.54) is 6.33 Å². The van der Waals surface area contributed by atoms with Crippen LogP contribution >= 0.6 is 23.6 Å². The van der Waals surface area contributed by atoms with Crippen LogP contribution in [0.4, 0.5) is 11.5 Å². The summed E-state index contributed by atoms with van der Waals surface area (Å²) < 4.78 is 2.09. The van der Waals surface area contributed by atoms with Gasteiger partial charge in [-0.15, -0.1) is 11.3 Å². The lowest BCUT2D eigenvalue weighted by Crippen LogP contribution is -2.29. The number of rotatable bonds is 5. The molecule has 0 aliphatic heterocycles. The van der Waals surface area contributed by atoms with Crippen molar-refractivity contribution in [2.75, 3.05) is 17.6 Å². The summed E-state index contributed by atoms with van der Waals surface area (Å²) in [6.45, 7) is 3.05. The van der Waals surface area contributed by atoms with Crippen molar-refractivity contribution in [2.45, 2.75) is 19.8 Å². The van der Waals surface area contributed by atoms with E-state index < -0.39 is 0 Å². The molecule has 4 N–H and O–H groups in total. The van der Waals surface area contributed by atoms with Gasteiger partial charge in [-0.1, -0.05) is 37.6 Å². The average molecular weight is 408 g/mol. The standard InChI is InChI=1S/C21H21N5S2/c1-2-3-9-23-21(27)26-15-6-4-5-13(10-15)14-7-8-16-17(11-14)28-19-18(16)24-12-25-20(19)22/h4-8,10-12H,2-3,9H2,1H3,(H2,22,24,25)(H2,23,26,27). The van der Waals surface area contributed by atoms with Crippen molar-refractivity contribution >= 4 is 60.5 Å². The number of fused-ring (bicyclic) bond motifs is 3. The van der Waals surface area contributed by atoms with Crippen molar-refractivity contribution < 1.29 is 0 Å². The first kappa shape index (κ1) is 18.6. The van der Waals surface area contributed by atoms with E-state index in [2.05, 4.69) is 57.9 Å². The molecule has 0 saturated heterocycles. The lowest BCUT2D eigenvalue weighted by atomic mass is 10.0. The number of aromatic nitrogens is 2. The average Bonchev–Trinajstić information content (AvgIpc) is 3.08. The van der Waals surface area contributed by atoms with E-state index in [1.807, 2.05) is 12.1 Å². The van der Waals surface area contributed by atoms with E-state index in [9.17, 15) is 0 Å². The lowest BCUT2D eigenvalue weighted by molar-refractivity contribution is 0.758. The number of benzene rings is 2. The molecule has 0 unspecified atom stereocenters. The summed E-state index contributed by atoms with van der Waals surface area (Å²) in [5, 5.41) is 8.26. The largest absolute Gasteiger partial charge is 0.382 e. The molecule has 0 amide bonds. The zero-order chi connectivity index (χ0) is 19.5. The molecule has 0 spiro atoms. The molecule has 2 aromatic carbocycles. The number of hydrogen-bond acceptors (Lipinski definition) is 5. The Balaban J connectivity index is 1.62. The van der Waals surface area contributed by atoms with Crippen LogP contribution in [-0.2, 0) is 0 Å². The summed E-state index contributed by atoms with van der Waals surface area (Å²) in [6, 6.07) is 14.7. The molecule has 0 aliphatic carbocycles. The molecule has 0 aliphatic rings. The summed E-state index contributed by atoms with van der Waals surface area (Å²) in [5.41, 5.74) is 10.2. The highest BCUT2D eigenvalue weighted by Crippen LogP contribution is 2.37. The highest BCUT2D eigenvalue weighted by Gasteiger charge is 2.11. The molecule has 4 rings (SSSR count). The molecule has 0 radical (unpaired) electrons. The highest BCUT2D eigenvalue weighted by molar-refractivity contribution is 7.80. The zero-order valence-corrected chi connectivity index (χ0v) is 17.2. The van der Waals surface area contributed by atoms with Crippen LogP contribution in [0.25, 0.3) is 31.4 Å². The fraction of sp³-hybridized carbons (Fsp3) is 0.190. The molecule has 2 heterocycles. The number of nitrogens with one attached hydrogen (secondary N) is 2. The van der Waals surface area contributed by atoms with Crippen molar-refractivity contribution in [2.24, 2.45) is 0 Å². The van der Waals surface area contributed by atoms with Crippen molar-refractivity contribution in [1.82, 2.24) is 15.3 Å². The van der Waals surface area contributed by atoms with Gasteiger partial charge in [-0.2, -0.15) is 0 Å². The molecule has 4 aromatic rings. The molecule has 0 saturated carbocycles. The second kappa shape index (κ2) is 8.08. The third kappa shape index (κ3) is 3.76. The van der Waals surface area contributed by atoms with Gasteiger partial charge in [0.2, 0.25) is 0 Å². The molecule has 7 heteroatoms. The molecule has 5 nitrogen and oxygen atoms in total. The van der Waals surface area contributed by atoms with Gasteiger partial charge >= 0.3 is 0 Å². The monoisotopic (exact) mass is 407 g/mol. The Morgan fingerprint density at radius 1 is 1.14 bits per heavy atom. The summed E-state index contributed by atoms with van der Waals surface area (Å²) >= 11 is 7.00. The Labute approximate surface area is 173 Å². The van der Waals surface area contributed by atoms with Gasteiger partial charge in [-0.3, -0.25) is 0 Å². The molecule has 0 bridgehead atoms. The first-order valence-electron chi connectivity index (χ1n) is 9.23. The van der Waals surface area contributed by atoms with Crippen LogP contribution in [-0.4, -0.2) is 21.6 Å². The Kier molecular flexibility index (Phi) is 5.36. The Morgan fingerprint density at radius 3 is 2.86 bits per heavy atom. The maximum atomic E-state index is 6.01. The van der Waals surface area contributed by atoms with Gasteiger partial charge in [0.1, 0.15) is 12.1 Å². The minimum absolute atomic E-state index is 0.531. The number of anilines is 2. The number of thiocarbonyl (C=S) groups is 1. The lowest BCUT2D eigenvalue weighted by Gasteiger charge is -2.11. The molecule has 142 valence electrons. The number of unbranched alkanes of at least 4 members (excludes halogenated alkanes) is 1. The van der Waals surface area contributed by atoms with Gasteiger partial charge in [-0.05, 0) is 48.0 Å². The van der Waals surface area contributed by atoms with Crippen LogP contribution in [0.5, 0.6) is 0 Å². The zero-order valence-electron chi connectivity index (χ0n) is 15.5. The number of nitrogens with zero attached hydrogens (tertiary/aromatic N) is 2. The summed E-state index contributed by atoms with van der Waals surface area (Å²) in [6.07, 6.45) is 3.76. The van der Waals surface area contributed by atoms with Gasteiger partial charge in [0.25, 0.3) is 0 Å². The van der Waals surface area contributed by atoms with Crippen LogP contribution in [0.1, 0.15) is 19.8 Å². The molecular formula is C21H21N5S2. The van der Waals surface area contributed by atoms with Crippen molar-refractivity contribution in [3.8, 4) is 11.1 Å². The first-order chi connectivity index (χ1) is 13.7. The third-order valence-electron chi connectivity index (χ3n) is 4.55. The van der Waals surface area contributed by atoms with Crippen LogP contribution in [0.3, 0.4) is 0 Å². The minimum Gasteiger partial charge on any atom is -0.382 e. The second-order valence-corrected chi connectivity index (χ2v) is 8.03. The molecular weight excluding hydrogens is 386 g/mol.